The highest BCUT2D eigenvalue weighted by Gasteiger charge is 2.13. The number of anilines is 1. The minimum Gasteiger partial charge on any atom is -0.381 e. The lowest BCUT2D eigenvalue weighted by Crippen LogP contribution is -2.45. The summed E-state index contributed by atoms with van der Waals surface area (Å²) in [7, 11) is 2.17. The van der Waals surface area contributed by atoms with Gasteiger partial charge in [0.25, 0.3) is 0 Å². The average Bonchev–Trinajstić information content (AvgIpc) is 2.35. The Bertz CT molecular complexity index is 370. The van der Waals surface area contributed by atoms with Crippen LogP contribution in [0.25, 0.3) is 0 Å². The highest BCUT2D eigenvalue weighted by atomic mass is 35.5. The molecule has 1 aliphatic heterocycles. The Morgan fingerprint density at radius 2 is 1.72 bits per heavy atom. The minimum atomic E-state index is 0.681. The van der Waals surface area contributed by atoms with Crippen LogP contribution in [0.15, 0.2) is 18.2 Å². The molecule has 1 N–H and O–H groups in total. The van der Waals surface area contributed by atoms with Crippen molar-refractivity contribution >= 4 is 28.9 Å². The zero-order valence-corrected chi connectivity index (χ0v) is 12.1. The zero-order chi connectivity index (χ0) is 13.0. The van der Waals surface area contributed by atoms with Crippen molar-refractivity contribution in [3.05, 3.63) is 28.2 Å². The Morgan fingerprint density at radius 1 is 1.11 bits per heavy atom. The predicted octanol–water partition coefficient (Wildman–Crippen LogP) is 2.65. The van der Waals surface area contributed by atoms with Gasteiger partial charge in [0.1, 0.15) is 0 Å². The number of benzene rings is 1. The van der Waals surface area contributed by atoms with Crippen LogP contribution in [0, 0.1) is 0 Å². The highest BCUT2D eigenvalue weighted by Crippen LogP contribution is 2.29. The van der Waals surface area contributed by atoms with E-state index in [-0.39, 0.29) is 0 Å². The van der Waals surface area contributed by atoms with Crippen LogP contribution < -0.4 is 5.32 Å². The molecule has 0 spiro atoms. The topological polar surface area (TPSA) is 18.5 Å². The second-order valence-electron chi connectivity index (χ2n) is 4.67. The van der Waals surface area contributed by atoms with Gasteiger partial charge in [-0.25, -0.2) is 0 Å². The fourth-order valence-corrected chi connectivity index (χ4v) is 2.61. The number of likely N-dealkylation sites (N-methyl/N-ethyl adjacent to an activating group) is 1. The Kier molecular flexibility index (Phi) is 5.13. The van der Waals surface area contributed by atoms with Crippen molar-refractivity contribution in [1.29, 1.82) is 0 Å². The minimum absolute atomic E-state index is 0.681. The molecule has 0 bridgehead atoms. The fourth-order valence-electron chi connectivity index (χ4n) is 2.08. The molecule has 3 nitrogen and oxygen atoms in total. The molecule has 2 rings (SSSR count). The van der Waals surface area contributed by atoms with Crippen LogP contribution in [-0.2, 0) is 0 Å². The monoisotopic (exact) mass is 287 g/mol. The molecule has 1 saturated heterocycles. The van der Waals surface area contributed by atoms with Gasteiger partial charge < -0.3 is 10.2 Å². The number of nitrogens with zero attached hydrogens (tertiary/aromatic N) is 2. The molecule has 0 unspecified atom stereocenters. The first-order chi connectivity index (χ1) is 8.66. The van der Waals surface area contributed by atoms with Gasteiger partial charge in [0.2, 0.25) is 0 Å². The molecule has 0 atom stereocenters. The molecule has 0 radical (unpaired) electrons. The van der Waals surface area contributed by atoms with E-state index in [2.05, 4.69) is 22.2 Å². The normalized spacial score (nSPS) is 17.9. The maximum Gasteiger partial charge on any atom is 0.0719 e. The second-order valence-corrected chi connectivity index (χ2v) is 5.48. The molecular formula is C13H19Cl2N3. The number of nitrogens with one attached hydrogen (secondary N) is 1. The first-order valence-corrected chi connectivity index (χ1v) is 7.01. The molecule has 5 heteroatoms. The summed E-state index contributed by atoms with van der Waals surface area (Å²) in [6, 6.07) is 5.56. The quantitative estimate of drug-likeness (QED) is 0.919. The van der Waals surface area contributed by atoms with E-state index < -0.39 is 0 Å². The zero-order valence-electron chi connectivity index (χ0n) is 10.6. The molecule has 1 aliphatic rings. The summed E-state index contributed by atoms with van der Waals surface area (Å²) < 4.78 is 0. The first kappa shape index (κ1) is 13.9. The van der Waals surface area contributed by atoms with Gasteiger partial charge in [0.05, 0.1) is 15.7 Å². The number of para-hydroxylation sites is 1. The van der Waals surface area contributed by atoms with Gasteiger partial charge in [-0.05, 0) is 19.2 Å². The lowest BCUT2D eigenvalue weighted by molar-refractivity contribution is 0.158. The molecule has 1 aromatic rings. The molecule has 0 saturated carbocycles. The van der Waals surface area contributed by atoms with Crippen molar-refractivity contribution in [3.63, 3.8) is 0 Å². The van der Waals surface area contributed by atoms with E-state index in [0.717, 1.165) is 45.0 Å². The fraction of sp³-hybridized carbons (Fsp3) is 0.538. The molecule has 0 amide bonds. The van der Waals surface area contributed by atoms with Crippen molar-refractivity contribution < 1.29 is 0 Å². The van der Waals surface area contributed by atoms with Crippen molar-refractivity contribution in [2.24, 2.45) is 0 Å². The van der Waals surface area contributed by atoms with Crippen molar-refractivity contribution in [3.8, 4) is 0 Å². The van der Waals surface area contributed by atoms with E-state index in [0.29, 0.717) is 10.0 Å². The maximum atomic E-state index is 6.10. The molecular weight excluding hydrogens is 269 g/mol. The van der Waals surface area contributed by atoms with Crippen LogP contribution in [-0.4, -0.2) is 56.1 Å². The largest absolute Gasteiger partial charge is 0.381 e. The van der Waals surface area contributed by atoms with Crippen LogP contribution in [0.2, 0.25) is 10.0 Å². The lowest BCUT2D eigenvalue weighted by Gasteiger charge is -2.32. The standard InChI is InChI=1S/C13H19Cl2N3/c1-17-7-9-18(10-8-17)6-5-16-13-11(14)3-2-4-12(13)15/h2-4,16H,5-10H2,1H3. The van der Waals surface area contributed by atoms with Crippen LogP contribution in [0.3, 0.4) is 0 Å². The maximum absolute atomic E-state index is 6.10. The van der Waals surface area contributed by atoms with Crippen molar-refractivity contribution in [2.45, 2.75) is 0 Å². The summed E-state index contributed by atoms with van der Waals surface area (Å²) in [6.45, 7) is 6.45. The van der Waals surface area contributed by atoms with Crippen LogP contribution in [0.1, 0.15) is 0 Å². The van der Waals surface area contributed by atoms with E-state index in [4.69, 9.17) is 23.2 Å². The van der Waals surface area contributed by atoms with Crippen molar-refractivity contribution in [1.82, 2.24) is 9.80 Å². The van der Waals surface area contributed by atoms with E-state index >= 15 is 0 Å². The Balaban J connectivity index is 1.78. The summed E-state index contributed by atoms with van der Waals surface area (Å²) in [5.41, 5.74) is 0.843. The molecule has 0 aromatic heterocycles. The summed E-state index contributed by atoms with van der Waals surface area (Å²) in [6.07, 6.45) is 0. The van der Waals surface area contributed by atoms with E-state index in [1.807, 2.05) is 18.2 Å². The third-order valence-corrected chi connectivity index (χ3v) is 3.92. The predicted molar refractivity (Wildman–Crippen MR) is 78.9 cm³/mol. The van der Waals surface area contributed by atoms with E-state index in [1.165, 1.54) is 0 Å². The van der Waals surface area contributed by atoms with Gasteiger partial charge in [-0.2, -0.15) is 0 Å². The summed E-state index contributed by atoms with van der Waals surface area (Å²) in [5.74, 6) is 0. The van der Waals surface area contributed by atoms with Crippen LogP contribution >= 0.6 is 23.2 Å². The third kappa shape index (κ3) is 3.75. The molecule has 1 fully saturated rings. The van der Waals surface area contributed by atoms with Gasteiger partial charge >= 0.3 is 0 Å². The molecule has 18 heavy (non-hydrogen) atoms. The Morgan fingerprint density at radius 3 is 2.33 bits per heavy atom. The second kappa shape index (κ2) is 6.62. The lowest BCUT2D eigenvalue weighted by atomic mass is 10.3. The molecule has 100 valence electrons. The molecule has 1 aromatic carbocycles. The van der Waals surface area contributed by atoms with Gasteiger partial charge in [-0.15, -0.1) is 0 Å². The highest BCUT2D eigenvalue weighted by molar-refractivity contribution is 6.39. The third-order valence-electron chi connectivity index (χ3n) is 3.29. The average molecular weight is 288 g/mol. The molecule has 1 heterocycles. The first-order valence-electron chi connectivity index (χ1n) is 6.25. The SMILES string of the molecule is CN1CCN(CCNc2c(Cl)cccc2Cl)CC1. The Labute approximate surface area is 119 Å². The number of halogens is 2. The molecule has 0 aliphatic carbocycles. The summed E-state index contributed by atoms with van der Waals surface area (Å²) in [4.78, 5) is 4.81. The number of piperazine rings is 1. The van der Waals surface area contributed by atoms with Gasteiger partial charge in [-0.1, -0.05) is 29.3 Å². The summed E-state index contributed by atoms with van der Waals surface area (Å²) >= 11 is 12.2. The number of hydrogen-bond acceptors (Lipinski definition) is 3. The summed E-state index contributed by atoms with van der Waals surface area (Å²) in [5, 5.41) is 4.68. The van der Waals surface area contributed by atoms with Crippen LogP contribution in [0.5, 0.6) is 0 Å². The van der Waals surface area contributed by atoms with E-state index in [1.54, 1.807) is 0 Å². The smallest absolute Gasteiger partial charge is 0.0719 e. The van der Waals surface area contributed by atoms with Crippen LogP contribution in [0.4, 0.5) is 5.69 Å². The van der Waals surface area contributed by atoms with Gasteiger partial charge in [0, 0.05) is 39.3 Å². The van der Waals surface area contributed by atoms with Crippen molar-refractivity contribution in [2.75, 3.05) is 51.6 Å². The number of hydrogen-bond donors (Lipinski definition) is 1. The van der Waals surface area contributed by atoms with Gasteiger partial charge in [0.15, 0.2) is 0 Å². The Hall–Kier alpha value is -0.480. The van der Waals surface area contributed by atoms with E-state index in [9.17, 15) is 0 Å². The van der Waals surface area contributed by atoms with Gasteiger partial charge in [-0.3, -0.25) is 4.90 Å². The number of rotatable bonds is 4.